The number of nitrogens with one attached hydrogen (secondary N) is 1. The molecule has 0 spiro atoms. The molecule has 0 aliphatic carbocycles. The normalized spacial score (nSPS) is 11.7. The van der Waals surface area contributed by atoms with Gasteiger partial charge in [-0.1, -0.05) is 11.6 Å². The maximum atomic E-state index is 12.1. The number of sulfonamides is 1. The lowest BCUT2D eigenvalue weighted by Crippen LogP contribution is -2.26. The molecule has 2 rings (SSSR count). The highest BCUT2D eigenvalue weighted by Crippen LogP contribution is 2.22. The summed E-state index contributed by atoms with van der Waals surface area (Å²) in [5, 5.41) is 0.219. The Morgan fingerprint density at radius 2 is 2.20 bits per heavy atom. The van der Waals surface area contributed by atoms with Crippen LogP contribution in [0.1, 0.15) is 5.82 Å². The number of nitrogen functional groups attached to an aromatic ring is 1. The van der Waals surface area contributed by atoms with Crippen LogP contribution in [0, 0.1) is 0 Å². The molecule has 1 aromatic heterocycles. The fraction of sp³-hybridized carbons (Fsp3) is 0.250. The van der Waals surface area contributed by atoms with Crippen molar-refractivity contribution >= 4 is 27.3 Å². The maximum Gasteiger partial charge on any atom is 0.240 e. The summed E-state index contributed by atoms with van der Waals surface area (Å²) in [4.78, 5) is 4.22. The molecule has 20 heavy (non-hydrogen) atoms. The minimum absolute atomic E-state index is 0.0940. The third-order valence-corrected chi connectivity index (χ3v) is 4.63. The van der Waals surface area contributed by atoms with Crippen LogP contribution in [0.3, 0.4) is 0 Å². The van der Waals surface area contributed by atoms with Crippen molar-refractivity contribution < 1.29 is 8.42 Å². The first kappa shape index (κ1) is 14.8. The van der Waals surface area contributed by atoms with Gasteiger partial charge in [-0.25, -0.2) is 18.1 Å². The van der Waals surface area contributed by atoms with Gasteiger partial charge in [0.05, 0.1) is 15.6 Å². The van der Waals surface area contributed by atoms with Crippen molar-refractivity contribution in [2.45, 2.75) is 11.3 Å². The predicted octanol–water partition coefficient (Wildman–Crippen LogP) is 1.18. The second-order valence-corrected chi connectivity index (χ2v) is 6.46. The summed E-state index contributed by atoms with van der Waals surface area (Å²) in [6.45, 7) is 0.259. The highest BCUT2D eigenvalue weighted by atomic mass is 35.5. The van der Waals surface area contributed by atoms with E-state index in [1.54, 1.807) is 6.20 Å². The van der Waals surface area contributed by atoms with Gasteiger partial charge in [0.2, 0.25) is 10.0 Å². The predicted molar refractivity (Wildman–Crippen MR) is 78.0 cm³/mol. The van der Waals surface area contributed by atoms with E-state index in [0.717, 1.165) is 5.82 Å². The fourth-order valence-electron chi connectivity index (χ4n) is 1.69. The largest absolute Gasteiger partial charge is 0.398 e. The summed E-state index contributed by atoms with van der Waals surface area (Å²) in [5.41, 5.74) is 5.90. The van der Waals surface area contributed by atoms with Crippen LogP contribution in [0.5, 0.6) is 0 Å². The molecule has 0 saturated carbocycles. The number of aromatic nitrogens is 2. The Bertz CT molecular complexity index is 712. The number of halogens is 1. The monoisotopic (exact) mass is 314 g/mol. The molecule has 0 aliphatic rings. The Kier molecular flexibility index (Phi) is 4.32. The van der Waals surface area contributed by atoms with Gasteiger partial charge in [-0.2, -0.15) is 0 Å². The number of nitrogens with two attached hydrogens (primary N) is 1. The SMILES string of the molecule is Cn1ccnc1CCNS(=O)(=O)c1ccc(N)c(Cl)c1. The molecule has 108 valence electrons. The molecule has 0 atom stereocenters. The molecule has 1 aromatic carbocycles. The van der Waals surface area contributed by atoms with E-state index in [-0.39, 0.29) is 16.5 Å². The molecule has 0 amide bonds. The number of anilines is 1. The molecule has 3 N–H and O–H groups in total. The summed E-state index contributed by atoms with van der Waals surface area (Å²) < 4.78 is 28.5. The first-order valence-corrected chi connectivity index (χ1v) is 7.77. The van der Waals surface area contributed by atoms with Crippen molar-refractivity contribution in [3.05, 3.63) is 41.4 Å². The highest BCUT2D eigenvalue weighted by molar-refractivity contribution is 7.89. The lowest BCUT2D eigenvalue weighted by Gasteiger charge is -2.08. The summed E-state index contributed by atoms with van der Waals surface area (Å²) in [6.07, 6.45) is 3.98. The third kappa shape index (κ3) is 3.30. The van der Waals surface area contributed by atoms with Crippen LogP contribution in [-0.2, 0) is 23.5 Å². The Morgan fingerprint density at radius 3 is 2.80 bits per heavy atom. The molecule has 0 saturated heterocycles. The third-order valence-electron chi connectivity index (χ3n) is 2.84. The second kappa shape index (κ2) is 5.82. The van der Waals surface area contributed by atoms with Crippen LogP contribution in [-0.4, -0.2) is 24.5 Å². The van der Waals surface area contributed by atoms with Crippen molar-refractivity contribution in [3.8, 4) is 0 Å². The molecule has 8 heteroatoms. The molecule has 0 unspecified atom stereocenters. The molecule has 1 heterocycles. The summed E-state index contributed by atoms with van der Waals surface area (Å²) in [7, 11) is -1.73. The summed E-state index contributed by atoms with van der Waals surface area (Å²) >= 11 is 5.83. The van der Waals surface area contributed by atoms with Gasteiger partial charge in [0.15, 0.2) is 0 Å². The number of nitrogens with zero attached hydrogens (tertiary/aromatic N) is 2. The van der Waals surface area contributed by atoms with E-state index in [2.05, 4.69) is 9.71 Å². The highest BCUT2D eigenvalue weighted by Gasteiger charge is 2.15. The van der Waals surface area contributed by atoms with Crippen molar-refractivity contribution in [2.24, 2.45) is 7.05 Å². The van der Waals surface area contributed by atoms with E-state index in [1.807, 2.05) is 17.8 Å². The topological polar surface area (TPSA) is 90.0 Å². The van der Waals surface area contributed by atoms with Crippen molar-refractivity contribution in [1.82, 2.24) is 14.3 Å². The molecule has 6 nitrogen and oxygen atoms in total. The molecule has 2 aromatic rings. The standard InChI is InChI=1S/C12H15ClN4O2S/c1-17-7-6-15-12(17)4-5-16-20(18,19)9-2-3-11(14)10(13)8-9/h2-3,6-8,16H,4-5,14H2,1H3. The van der Waals surface area contributed by atoms with Crippen LogP contribution in [0.15, 0.2) is 35.5 Å². The Balaban J connectivity index is 2.04. The van der Waals surface area contributed by atoms with Crippen LogP contribution in [0.25, 0.3) is 0 Å². The van der Waals surface area contributed by atoms with E-state index >= 15 is 0 Å². The van der Waals surface area contributed by atoms with Crippen molar-refractivity contribution in [2.75, 3.05) is 12.3 Å². The van der Waals surface area contributed by atoms with E-state index in [9.17, 15) is 8.42 Å². The zero-order valence-electron chi connectivity index (χ0n) is 10.9. The van der Waals surface area contributed by atoms with Gasteiger partial charge in [-0.15, -0.1) is 0 Å². The Hall–Kier alpha value is -1.57. The van der Waals surface area contributed by atoms with Crippen LogP contribution in [0.2, 0.25) is 5.02 Å². The first-order valence-electron chi connectivity index (χ1n) is 5.91. The quantitative estimate of drug-likeness (QED) is 0.811. The van der Waals surface area contributed by atoms with Crippen molar-refractivity contribution in [3.63, 3.8) is 0 Å². The second-order valence-electron chi connectivity index (χ2n) is 4.29. The van der Waals surface area contributed by atoms with Crippen LogP contribution >= 0.6 is 11.6 Å². The van der Waals surface area contributed by atoms with Gasteiger partial charge < -0.3 is 10.3 Å². The van der Waals surface area contributed by atoms with Crippen molar-refractivity contribution in [1.29, 1.82) is 0 Å². The molecular weight excluding hydrogens is 300 g/mol. The summed E-state index contributed by atoms with van der Waals surface area (Å²) in [6, 6.07) is 4.22. The Morgan fingerprint density at radius 1 is 1.45 bits per heavy atom. The van der Waals surface area contributed by atoms with E-state index in [0.29, 0.717) is 12.1 Å². The number of hydrogen-bond donors (Lipinski definition) is 2. The van der Waals surface area contributed by atoms with Gasteiger partial charge in [0.25, 0.3) is 0 Å². The van der Waals surface area contributed by atoms with Gasteiger partial charge in [-0.3, -0.25) is 0 Å². The van der Waals surface area contributed by atoms with Gasteiger partial charge in [0, 0.05) is 32.4 Å². The van der Waals surface area contributed by atoms with Crippen LogP contribution in [0.4, 0.5) is 5.69 Å². The number of imidazole rings is 1. The number of benzene rings is 1. The van der Waals surface area contributed by atoms with Gasteiger partial charge in [0.1, 0.15) is 5.82 Å². The van der Waals surface area contributed by atoms with E-state index < -0.39 is 10.0 Å². The molecule has 0 aliphatic heterocycles. The molecule has 0 bridgehead atoms. The Labute approximate surface area is 122 Å². The minimum atomic E-state index is -3.59. The zero-order valence-corrected chi connectivity index (χ0v) is 12.4. The first-order chi connectivity index (χ1) is 9.40. The average Bonchev–Trinajstić information content (AvgIpc) is 2.78. The van der Waals surface area contributed by atoms with E-state index in [4.69, 9.17) is 17.3 Å². The lowest BCUT2D eigenvalue weighted by molar-refractivity contribution is 0.580. The number of aryl methyl sites for hydroxylation is 1. The minimum Gasteiger partial charge on any atom is -0.398 e. The zero-order chi connectivity index (χ0) is 14.8. The van der Waals surface area contributed by atoms with Crippen LogP contribution < -0.4 is 10.5 Å². The lowest BCUT2D eigenvalue weighted by atomic mass is 10.3. The average molecular weight is 315 g/mol. The maximum absolute atomic E-state index is 12.1. The fourth-order valence-corrected chi connectivity index (χ4v) is 3.00. The number of rotatable bonds is 5. The summed E-state index contributed by atoms with van der Waals surface area (Å²) in [5.74, 6) is 0.808. The molecule has 0 radical (unpaired) electrons. The molecular formula is C12H15ClN4O2S. The molecule has 0 fully saturated rings. The smallest absolute Gasteiger partial charge is 0.240 e. The van der Waals surface area contributed by atoms with Gasteiger partial charge in [-0.05, 0) is 18.2 Å². The van der Waals surface area contributed by atoms with Gasteiger partial charge >= 0.3 is 0 Å². The van der Waals surface area contributed by atoms with E-state index in [1.165, 1.54) is 18.2 Å². The number of hydrogen-bond acceptors (Lipinski definition) is 4.